The smallest absolute Gasteiger partial charge is 0.252 e. The van der Waals surface area contributed by atoms with Gasteiger partial charge < -0.3 is 4.90 Å². The molecule has 0 fully saturated rings. The molecule has 0 saturated heterocycles. The zero-order chi connectivity index (χ0) is 30.5. The van der Waals surface area contributed by atoms with Gasteiger partial charge in [-0.25, -0.2) is 0 Å². The summed E-state index contributed by atoms with van der Waals surface area (Å²) < 4.78 is 1.67. The van der Waals surface area contributed by atoms with Crippen LogP contribution in [0.3, 0.4) is 0 Å². The highest BCUT2D eigenvalue weighted by Crippen LogP contribution is 2.41. The minimum absolute atomic E-state index is 0.0428. The number of thiazole rings is 1. The summed E-state index contributed by atoms with van der Waals surface area (Å²) >= 11 is 1.62. The molecule has 41 heavy (non-hydrogen) atoms. The van der Waals surface area contributed by atoms with E-state index in [2.05, 4.69) is 120 Å². The van der Waals surface area contributed by atoms with Crippen molar-refractivity contribution in [3.05, 3.63) is 51.7 Å². The van der Waals surface area contributed by atoms with Crippen LogP contribution in [0.4, 0.5) is 16.9 Å². The second-order valence-corrected chi connectivity index (χ2v) is 14.0. The van der Waals surface area contributed by atoms with E-state index in [1.807, 2.05) is 6.07 Å². The van der Waals surface area contributed by atoms with Crippen molar-refractivity contribution in [2.45, 2.75) is 93.5 Å². The maximum atomic E-state index is 9.91. The summed E-state index contributed by atoms with van der Waals surface area (Å²) in [6, 6.07) is 12.7. The minimum atomic E-state index is -0.176. The molecule has 2 heterocycles. The van der Waals surface area contributed by atoms with E-state index in [-0.39, 0.29) is 28.2 Å². The third-order valence-corrected chi connectivity index (χ3v) is 8.62. The molecular weight excluding hydrogens is 528 g/mol. The first-order valence-electron chi connectivity index (χ1n) is 14.4. The monoisotopic (exact) mass is 572 g/mol. The van der Waals surface area contributed by atoms with Crippen LogP contribution in [0.15, 0.2) is 34.5 Å². The van der Waals surface area contributed by atoms with Crippen LogP contribution >= 0.6 is 11.3 Å². The molecule has 3 aromatic rings. The van der Waals surface area contributed by atoms with Crippen molar-refractivity contribution in [1.82, 2.24) is 14.5 Å². The van der Waals surface area contributed by atoms with Gasteiger partial charge >= 0.3 is 0 Å². The number of nitrogens with zero attached hydrogens (tertiary/aromatic N) is 8. The summed E-state index contributed by atoms with van der Waals surface area (Å²) in [5.74, 6) is 1.74. The van der Waals surface area contributed by atoms with Crippen molar-refractivity contribution < 1.29 is 0 Å². The molecule has 0 aliphatic carbocycles. The fourth-order valence-corrected chi connectivity index (χ4v) is 6.07. The Morgan fingerprint density at radius 1 is 0.951 bits per heavy atom. The lowest BCUT2D eigenvalue weighted by Gasteiger charge is -2.29. The summed E-state index contributed by atoms with van der Waals surface area (Å²) in [6.45, 7) is 24.0. The summed E-state index contributed by atoms with van der Waals surface area (Å²) in [7, 11) is 0. The van der Waals surface area contributed by atoms with Gasteiger partial charge in [-0.3, -0.25) is 4.57 Å². The number of aromatic nitrogens is 3. The van der Waals surface area contributed by atoms with Crippen molar-refractivity contribution in [3.8, 4) is 12.1 Å². The highest BCUT2D eigenvalue weighted by Gasteiger charge is 2.26. The van der Waals surface area contributed by atoms with Gasteiger partial charge in [-0.15, -0.1) is 10.2 Å². The summed E-state index contributed by atoms with van der Waals surface area (Å²) in [4.78, 5) is 12.4. The molecule has 3 rings (SSSR count). The van der Waals surface area contributed by atoms with Crippen LogP contribution in [0.25, 0.3) is 0 Å². The predicted octanol–water partition coefficient (Wildman–Crippen LogP) is 8.87. The minimum Gasteiger partial charge on any atom is -0.349 e. The molecule has 1 aromatic carbocycles. The van der Waals surface area contributed by atoms with Gasteiger partial charge in [-0.1, -0.05) is 91.0 Å². The van der Waals surface area contributed by atoms with E-state index in [1.54, 1.807) is 15.9 Å². The number of azo groups is 1. The Balaban J connectivity index is 2.00. The first-order valence-corrected chi connectivity index (χ1v) is 15.2. The van der Waals surface area contributed by atoms with Crippen LogP contribution in [0.2, 0.25) is 0 Å². The SMILES string of the molecule is CCN(CC)c1nc(N=Nc2nc(C#N)c(C#N)n2Cc2ccc(C(CC(C)(C)C)C(C)C)cc2)c(C(C)(C)C)s1. The highest BCUT2D eigenvalue weighted by atomic mass is 32.1. The molecule has 0 radical (unpaired) electrons. The number of rotatable bonds is 10. The number of anilines is 1. The van der Waals surface area contributed by atoms with E-state index < -0.39 is 0 Å². The maximum Gasteiger partial charge on any atom is 0.252 e. The first kappa shape index (κ1) is 32.0. The molecule has 0 amide bonds. The van der Waals surface area contributed by atoms with Gasteiger partial charge in [0.25, 0.3) is 5.95 Å². The number of hydrogen-bond acceptors (Lipinski definition) is 8. The summed E-state index contributed by atoms with van der Waals surface area (Å²) in [6.07, 6.45) is 1.10. The average Bonchev–Trinajstić information content (AvgIpc) is 3.48. The largest absolute Gasteiger partial charge is 0.349 e. The average molecular weight is 573 g/mol. The number of imidazole rings is 1. The Morgan fingerprint density at radius 2 is 1.59 bits per heavy atom. The zero-order valence-electron chi connectivity index (χ0n) is 26.3. The third kappa shape index (κ3) is 7.80. The maximum absolute atomic E-state index is 9.91. The van der Waals surface area contributed by atoms with Gasteiger partial charge in [-0.2, -0.15) is 20.5 Å². The molecule has 2 aromatic heterocycles. The number of benzene rings is 1. The van der Waals surface area contributed by atoms with E-state index in [0.29, 0.717) is 24.2 Å². The molecule has 0 saturated carbocycles. The molecule has 8 nitrogen and oxygen atoms in total. The van der Waals surface area contributed by atoms with Gasteiger partial charge in [0.1, 0.15) is 12.1 Å². The highest BCUT2D eigenvalue weighted by molar-refractivity contribution is 7.16. The Kier molecular flexibility index (Phi) is 10.1. The Hall–Kier alpha value is -3.56. The lowest BCUT2D eigenvalue weighted by molar-refractivity contribution is 0.301. The third-order valence-electron chi connectivity index (χ3n) is 7.09. The van der Waals surface area contributed by atoms with Crippen molar-refractivity contribution in [3.63, 3.8) is 0 Å². The second-order valence-electron chi connectivity index (χ2n) is 13.0. The summed E-state index contributed by atoms with van der Waals surface area (Å²) in [5.41, 5.74) is 2.58. The molecule has 0 bridgehead atoms. The fraction of sp³-hybridized carbons (Fsp3) is 0.562. The molecule has 0 aliphatic heterocycles. The molecular formula is C32H44N8S. The van der Waals surface area contributed by atoms with Crippen molar-refractivity contribution in [2.75, 3.05) is 18.0 Å². The van der Waals surface area contributed by atoms with Crippen LogP contribution in [-0.4, -0.2) is 27.6 Å². The van der Waals surface area contributed by atoms with E-state index in [0.717, 1.165) is 35.1 Å². The fourth-order valence-electron chi connectivity index (χ4n) is 4.89. The predicted molar refractivity (Wildman–Crippen MR) is 167 cm³/mol. The molecule has 1 atom stereocenters. The topological polar surface area (TPSA) is 106 Å². The van der Waals surface area contributed by atoms with Gasteiger partial charge in [0.2, 0.25) is 0 Å². The molecule has 0 N–H and O–H groups in total. The molecule has 9 heteroatoms. The van der Waals surface area contributed by atoms with Gasteiger partial charge in [0, 0.05) is 18.5 Å². The van der Waals surface area contributed by atoms with E-state index in [9.17, 15) is 10.5 Å². The van der Waals surface area contributed by atoms with Crippen LogP contribution in [0.1, 0.15) is 109 Å². The summed E-state index contributed by atoms with van der Waals surface area (Å²) in [5, 5.41) is 29.5. The van der Waals surface area contributed by atoms with Crippen LogP contribution in [0.5, 0.6) is 0 Å². The van der Waals surface area contributed by atoms with Crippen LogP contribution < -0.4 is 4.90 Å². The Bertz CT molecular complexity index is 1430. The number of hydrogen-bond donors (Lipinski definition) is 0. The normalized spacial score (nSPS) is 13.0. The van der Waals surface area contributed by atoms with E-state index >= 15 is 0 Å². The lowest BCUT2D eigenvalue weighted by atomic mass is 9.76. The van der Waals surface area contributed by atoms with Gasteiger partial charge in [0.05, 0.1) is 11.4 Å². The number of nitriles is 2. The Morgan fingerprint density at radius 3 is 2.07 bits per heavy atom. The molecule has 1 unspecified atom stereocenters. The molecule has 0 aliphatic rings. The molecule has 218 valence electrons. The first-order chi connectivity index (χ1) is 19.2. The van der Waals surface area contributed by atoms with Crippen molar-refractivity contribution in [2.24, 2.45) is 21.6 Å². The van der Waals surface area contributed by atoms with Crippen molar-refractivity contribution >= 4 is 28.2 Å². The van der Waals surface area contributed by atoms with Gasteiger partial charge in [0.15, 0.2) is 22.3 Å². The van der Waals surface area contributed by atoms with E-state index in [1.165, 1.54) is 5.56 Å². The van der Waals surface area contributed by atoms with Crippen molar-refractivity contribution in [1.29, 1.82) is 10.5 Å². The van der Waals surface area contributed by atoms with Crippen LogP contribution in [0, 0.1) is 34.0 Å². The van der Waals surface area contributed by atoms with E-state index in [4.69, 9.17) is 4.98 Å². The Labute approximate surface area is 249 Å². The lowest BCUT2D eigenvalue weighted by Crippen LogP contribution is -2.21. The quantitative estimate of drug-likeness (QED) is 0.226. The standard InChI is InChI=1S/C32H44N8S/c1-11-39(12-2)30-36-28(27(41-30)32(8,9)10)37-38-29-35-25(18-33)26(19-34)40(29)20-22-13-15-23(16-14-22)24(21(3)4)17-31(5,6)7/h13-16,21,24H,11-12,17,20H2,1-10H3. The molecule has 0 spiro atoms. The van der Waals surface area contributed by atoms with Crippen LogP contribution in [-0.2, 0) is 12.0 Å². The second kappa shape index (κ2) is 13.0. The zero-order valence-corrected chi connectivity index (χ0v) is 27.1. The van der Waals surface area contributed by atoms with Gasteiger partial charge in [-0.05, 0) is 48.6 Å².